The first kappa shape index (κ1) is 19.2. The lowest BCUT2D eigenvalue weighted by atomic mass is 9.91. The van der Waals surface area contributed by atoms with E-state index in [0.29, 0.717) is 49.3 Å². The van der Waals surface area contributed by atoms with E-state index in [4.69, 9.17) is 30.4 Å². The number of epoxide rings is 2. The monoisotopic (exact) mass is 428 g/mol. The highest BCUT2D eigenvalue weighted by Gasteiger charge is 2.28. The van der Waals surface area contributed by atoms with Crippen molar-refractivity contribution < 1.29 is 18.9 Å². The van der Waals surface area contributed by atoms with Crippen molar-refractivity contribution in [3.05, 3.63) is 60.7 Å². The molecule has 162 valence electrons. The molecular weight excluding hydrogens is 404 g/mol. The zero-order valence-corrected chi connectivity index (χ0v) is 17.5. The first-order valence-corrected chi connectivity index (χ1v) is 10.8. The molecule has 0 aromatic heterocycles. The predicted octanol–water partition coefficient (Wildman–Crippen LogP) is 4.38. The van der Waals surface area contributed by atoms with Gasteiger partial charge in [0, 0.05) is 11.1 Å². The van der Waals surface area contributed by atoms with Crippen molar-refractivity contribution in [3.8, 4) is 22.6 Å². The largest absolute Gasteiger partial charge is 0.488 e. The molecule has 4 N–H and O–H groups in total. The number of hydrogen-bond donors (Lipinski definition) is 2. The molecule has 2 aliphatic rings. The number of fused-ring (bicyclic) bond motifs is 2. The third-order valence-corrected chi connectivity index (χ3v) is 5.94. The fourth-order valence-corrected chi connectivity index (χ4v) is 4.19. The fourth-order valence-electron chi connectivity index (χ4n) is 4.19. The molecule has 0 spiro atoms. The fraction of sp³-hybridized carbons (Fsp3) is 0.231. The van der Waals surface area contributed by atoms with E-state index in [0.717, 1.165) is 32.7 Å². The van der Waals surface area contributed by atoms with E-state index >= 15 is 0 Å². The molecule has 6 heteroatoms. The number of nitrogen functional groups attached to an aromatic ring is 2. The zero-order chi connectivity index (χ0) is 21.7. The Morgan fingerprint density at radius 3 is 1.50 bits per heavy atom. The third kappa shape index (κ3) is 3.47. The van der Waals surface area contributed by atoms with Gasteiger partial charge in [0.25, 0.3) is 0 Å². The van der Waals surface area contributed by atoms with Crippen LogP contribution in [0.1, 0.15) is 0 Å². The van der Waals surface area contributed by atoms with E-state index in [1.165, 1.54) is 0 Å². The summed E-state index contributed by atoms with van der Waals surface area (Å²) < 4.78 is 23.3. The van der Waals surface area contributed by atoms with Gasteiger partial charge in [-0.3, -0.25) is 0 Å². The summed E-state index contributed by atoms with van der Waals surface area (Å²) in [5.41, 5.74) is 16.0. The van der Waals surface area contributed by atoms with Gasteiger partial charge in [-0.1, -0.05) is 48.5 Å². The second-order valence-electron chi connectivity index (χ2n) is 8.31. The Morgan fingerprint density at radius 2 is 1.09 bits per heavy atom. The van der Waals surface area contributed by atoms with E-state index < -0.39 is 0 Å². The Hall–Kier alpha value is -3.48. The van der Waals surface area contributed by atoms with Crippen LogP contribution in [0.15, 0.2) is 60.7 Å². The molecule has 2 saturated heterocycles. The maximum Gasteiger partial charge on any atom is 0.150 e. The molecule has 32 heavy (non-hydrogen) atoms. The van der Waals surface area contributed by atoms with Crippen molar-refractivity contribution in [2.75, 3.05) is 37.9 Å². The van der Waals surface area contributed by atoms with E-state index in [9.17, 15) is 0 Å². The third-order valence-electron chi connectivity index (χ3n) is 5.94. The summed E-state index contributed by atoms with van der Waals surface area (Å²) in [5, 5.41) is 4.10. The molecule has 4 aromatic carbocycles. The predicted molar refractivity (Wildman–Crippen MR) is 126 cm³/mol. The summed E-state index contributed by atoms with van der Waals surface area (Å²) >= 11 is 0. The van der Waals surface area contributed by atoms with Crippen LogP contribution < -0.4 is 20.9 Å². The van der Waals surface area contributed by atoms with Crippen molar-refractivity contribution in [2.24, 2.45) is 0 Å². The Morgan fingerprint density at radius 1 is 0.688 bits per heavy atom. The van der Waals surface area contributed by atoms with E-state index in [1.807, 2.05) is 36.4 Å². The molecule has 0 bridgehead atoms. The molecule has 0 saturated carbocycles. The van der Waals surface area contributed by atoms with Gasteiger partial charge >= 0.3 is 0 Å². The molecule has 0 aliphatic carbocycles. The van der Waals surface area contributed by atoms with Gasteiger partial charge in [-0.15, -0.1) is 0 Å². The van der Waals surface area contributed by atoms with E-state index in [2.05, 4.69) is 24.3 Å². The molecule has 0 amide bonds. The first-order valence-electron chi connectivity index (χ1n) is 10.8. The van der Waals surface area contributed by atoms with Crippen LogP contribution in [0.3, 0.4) is 0 Å². The topological polar surface area (TPSA) is 95.6 Å². The van der Waals surface area contributed by atoms with E-state index in [-0.39, 0.29) is 12.2 Å². The number of nitrogens with two attached hydrogens (primary N) is 2. The minimum Gasteiger partial charge on any atom is -0.488 e. The number of benzene rings is 4. The second kappa shape index (κ2) is 7.58. The lowest BCUT2D eigenvalue weighted by Crippen LogP contribution is -2.10. The summed E-state index contributed by atoms with van der Waals surface area (Å²) in [5.74, 6) is 1.25. The molecule has 2 aliphatic heterocycles. The number of rotatable bonds is 7. The summed E-state index contributed by atoms with van der Waals surface area (Å²) in [7, 11) is 0. The summed E-state index contributed by atoms with van der Waals surface area (Å²) in [6, 6.07) is 20.2. The molecule has 6 rings (SSSR count). The SMILES string of the molecule is Nc1cc2ccccc2c(-c2c(OCC3CO3)c(N)cc3ccccc23)c1OCC1CO1. The molecule has 2 heterocycles. The number of ether oxygens (including phenoxy) is 4. The Bertz CT molecular complexity index is 1230. The standard InChI is InChI=1S/C26H24N2O4/c27-21-9-15-5-1-3-7-19(15)23(25(21)31-13-17-11-29-17)24-20-8-4-2-6-16(20)10-22(28)26(24)32-14-18-12-30-18/h1-10,17-18H,11-14,27-28H2. The summed E-state index contributed by atoms with van der Waals surface area (Å²) in [4.78, 5) is 0. The number of anilines is 2. The van der Waals surface area contributed by atoms with Crippen LogP contribution in [0.4, 0.5) is 11.4 Å². The van der Waals surface area contributed by atoms with Crippen molar-refractivity contribution in [1.29, 1.82) is 0 Å². The average Bonchev–Trinajstić information content (AvgIpc) is 3.71. The van der Waals surface area contributed by atoms with Crippen LogP contribution in [0.25, 0.3) is 32.7 Å². The zero-order valence-electron chi connectivity index (χ0n) is 17.5. The van der Waals surface area contributed by atoms with Gasteiger partial charge in [-0.25, -0.2) is 0 Å². The van der Waals surface area contributed by atoms with Gasteiger partial charge in [-0.2, -0.15) is 0 Å². The van der Waals surface area contributed by atoms with Crippen molar-refractivity contribution in [2.45, 2.75) is 12.2 Å². The maximum atomic E-state index is 6.54. The molecule has 6 nitrogen and oxygen atoms in total. The van der Waals surface area contributed by atoms with Gasteiger partial charge < -0.3 is 30.4 Å². The average molecular weight is 428 g/mol. The van der Waals surface area contributed by atoms with E-state index in [1.54, 1.807) is 0 Å². The molecule has 2 fully saturated rings. The van der Waals surface area contributed by atoms with Gasteiger partial charge in [0.1, 0.15) is 25.4 Å². The van der Waals surface area contributed by atoms with Crippen LogP contribution in [-0.2, 0) is 9.47 Å². The lowest BCUT2D eigenvalue weighted by Gasteiger charge is -2.22. The second-order valence-corrected chi connectivity index (χ2v) is 8.31. The van der Waals surface area contributed by atoms with Gasteiger partial charge in [0.05, 0.1) is 24.6 Å². The highest BCUT2D eigenvalue weighted by Crippen LogP contribution is 2.50. The van der Waals surface area contributed by atoms with Crippen LogP contribution in [-0.4, -0.2) is 38.6 Å². The smallest absolute Gasteiger partial charge is 0.150 e. The quantitative estimate of drug-likeness (QED) is 0.335. The van der Waals surface area contributed by atoms with Gasteiger partial charge in [0.2, 0.25) is 0 Å². The molecular formula is C26H24N2O4. The normalized spacial score (nSPS) is 19.2. The maximum absolute atomic E-state index is 6.54. The summed E-state index contributed by atoms with van der Waals surface area (Å²) in [6.45, 7) is 2.31. The molecule has 0 radical (unpaired) electrons. The highest BCUT2D eigenvalue weighted by molar-refractivity contribution is 6.13. The van der Waals surface area contributed by atoms with Crippen LogP contribution in [0, 0.1) is 0 Å². The van der Waals surface area contributed by atoms with Crippen LogP contribution >= 0.6 is 0 Å². The lowest BCUT2D eigenvalue weighted by molar-refractivity contribution is 0.262. The van der Waals surface area contributed by atoms with Crippen molar-refractivity contribution >= 4 is 32.9 Å². The van der Waals surface area contributed by atoms with Gasteiger partial charge in [-0.05, 0) is 33.7 Å². The molecule has 2 atom stereocenters. The Kier molecular flexibility index (Phi) is 4.56. The highest BCUT2D eigenvalue weighted by atomic mass is 16.6. The number of hydrogen-bond acceptors (Lipinski definition) is 6. The Labute approximate surface area is 185 Å². The van der Waals surface area contributed by atoms with Gasteiger partial charge in [0.15, 0.2) is 11.5 Å². The van der Waals surface area contributed by atoms with Crippen molar-refractivity contribution in [3.63, 3.8) is 0 Å². The van der Waals surface area contributed by atoms with Crippen LogP contribution in [0.5, 0.6) is 11.5 Å². The van der Waals surface area contributed by atoms with Crippen LogP contribution in [0.2, 0.25) is 0 Å². The minimum atomic E-state index is 0.106. The molecule has 2 unspecified atom stereocenters. The first-order chi connectivity index (χ1) is 15.7. The Balaban J connectivity index is 1.65. The summed E-state index contributed by atoms with van der Waals surface area (Å²) in [6.07, 6.45) is 0.211. The van der Waals surface area contributed by atoms with Crippen molar-refractivity contribution in [1.82, 2.24) is 0 Å². The molecule has 4 aromatic rings. The minimum absolute atomic E-state index is 0.106.